The first-order valence-electron chi connectivity index (χ1n) is 7.18. The molecule has 3 rings (SSSR count). The van der Waals surface area contributed by atoms with Gasteiger partial charge in [-0.3, -0.25) is 4.79 Å². The highest BCUT2D eigenvalue weighted by atomic mass is 16.5. The maximum atomic E-state index is 11.6. The molecule has 10 nitrogen and oxygen atoms in total. The van der Waals surface area contributed by atoms with Gasteiger partial charge in [0.2, 0.25) is 11.7 Å². The third-order valence-electron chi connectivity index (χ3n) is 3.37. The predicted octanol–water partition coefficient (Wildman–Crippen LogP) is 1.12. The van der Waals surface area contributed by atoms with E-state index in [1.807, 2.05) is 0 Å². The molecule has 3 aromatic rings. The number of nitrogens with one attached hydrogen (secondary N) is 3. The zero-order chi connectivity index (χ0) is 17.8. The second-order valence-electron chi connectivity index (χ2n) is 4.84. The molecule has 0 aliphatic carbocycles. The van der Waals surface area contributed by atoms with Crippen LogP contribution in [0.15, 0.2) is 28.4 Å². The molecule has 0 atom stereocenters. The number of fused-ring (bicyclic) bond motifs is 1. The van der Waals surface area contributed by atoms with Gasteiger partial charge < -0.3 is 24.2 Å². The fraction of sp³-hybridized carbons (Fsp3) is 0.200. The van der Waals surface area contributed by atoms with E-state index >= 15 is 0 Å². The number of hydrogen-bond donors (Lipinski definition) is 3. The number of nitrogens with zero attached hydrogens (tertiary/aromatic N) is 3. The van der Waals surface area contributed by atoms with E-state index in [2.05, 4.69) is 30.5 Å². The van der Waals surface area contributed by atoms with E-state index in [1.54, 1.807) is 18.3 Å². The van der Waals surface area contributed by atoms with E-state index in [0.29, 0.717) is 34.4 Å². The van der Waals surface area contributed by atoms with Crippen LogP contribution in [0.25, 0.3) is 11.2 Å². The van der Waals surface area contributed by atoms with Gasteiger partial charge in [-0.25, -0.2) is 10.4 Å². The Kier molecular flexibility index (Phi) is 4.50. The predicted molar refractivity (Wildman–Crippen MR) is 91.8 cm³/mol. The van der Waals surface area contributed by atoms with Gasteiger partial charge in [-0.15, -0.1) is 0 Å². The largest absolute Gasteiger partial charge is 0.493 e. The van der Waals surface area contributed by atoms with E-state index < -0.39 is 0 Å². The highest BCUT2D eigenvalue weighted by molar-refractivity contribution is 5.83. The fourth-order valence-corrected chi connectivity index (χ4v) is 2.24. The lowest BCUT2D eigenvalue weighted by molar-refractivity contribution is 0.324. The maximum absolute atomic E-state index is 11.6. The Labute approximate surface area is 141 Å². The molecular formula is C15H16N6O4. The number of aromatic nitrogens is 4. The molecule has 25 heavy (non-hydrogen) atoms. The molecule has 3 N–H and O–H groups in total. The number of hydrogen-bond acceptors (Lipinski definition) is 8. The molecular weight excluding hydrogens is 328 g/mol. The Balaban J connectivity index is 1.83. The molecule has 0 radical (unpaired) electrons. The van der Waals surface area contributed by atoms with Crippen molar-refractivity contribution in [1.82, 2.24) is 19.9 Å². The van der Waals surface area contributed by atoms with Gasteiger partial charge in [0.25, 0.3) is 5.56 Å². The molecule has 2 heterocycles. The van der Waals surface area contributed by atoms with E-state index in [0.717, 1.165) is 0 Å². The molecule has 130 valence electrons. The molecule has 0 aliphatic rings. The summed E-state index contributed by atoms with van der Waals surface area (Å²) in [5.41, 5.74) is 3.69. The Morgan fingerprint density at radius 2 is 1.88 bits per heavy atom. The van der Waals surface area contributed by atoms with Gasteiger partial charge in [-0.1, -0.05) is 0 Å². The summed E-state index contributed by atoms with van der Waals surface area (Å²) in [5.74, 6) is 1.83. The zero-order valence-electron chi connectivity index (χ0n) is 13.8. The minimum atomic E-state index is -0.306. The summed E-state index contributed by atoms with van der Waals surface area (Å²) in [5, 5.41) is 4.08. The van der Waals surface area contributed by atoms with Crippen LogP contribution in [-0.4, -0.2) is 47.5 Å². The van der Waals surface area contributed by atoms with Gasteiger partial charge in [-0.05, 0) is 12.1 Å². The van der Waals surface area contributed by atoms with Crippen molar-refractivity contribution in [3.63, 3.8) is 0 Å². The number of anilines is 1. The molecule has 1 aromatic carbocycles. The molecule has 0 fully saturated rings. The fourth-order valence-electron chi connectivity index (χ4n) is 2.24. The minimum Gasteiger partial charge on any atom is -0.493 e. The molecule has 0 spiro atoms. The molecule has 2 aromatic heterocycles. The van der Waals surface area contributed by atoms with Crippen molar-refractivity contribution < 1.29 is 14.2 Å². The van der Waals surface area contributed by atoms with E-state index in [-0.39, 0.29) is 11.1 Å². The molecule has 0 saturated carbocycles. The number of benzene rings is 1. The topological polar surface area (TPSA) is 127 Å². The highest BCUT2D eigenvalue weighted by Gasteiger charge is 2.12. The molecule has 0 aliphatic heterocycles. The van der Waals surface area contributed by atoms with Crippen molar-refractivity contribution in [2.45, 2.75) is 0 Å². The number of imidazole rings is 1. The van der Waals surface area contributed by atoms with Gasteiger partial charge in [0, 0.05) is 5.56 Å². The van der Waals surface area contributed by atoms with E-state index in [9.17, 15) is 4.79 Å². The van der Waals surface area contributed by atoms with E-state index in [4.69, 9.17) is 14.2 Å². The number of methoxy groups -OCH3 is 3. The first-order valence-corrected chi connectivity index (χ1v) is 7.18. The van der Waals surface area contributed by atoms with Crippen molar-refractivity contribution >= 4 is 23.3 Å². The Hall–Kier alpha value is -3.56. The van der Waals surface area contributed by atoms with Crippen LogP contribution in [0.2, 0.25) is 0 Å². The monoisotopic (exact) mass is 344 g/mol. The van der Waals surface area contributed by atoms with Gasteiger partial charge in [-0.2, -0.15) is 10.1 Å². The van der Waals surface area contributed by atoms with Crippen LogP contribution in [0.3, 0.4) is 0 Å². The Morgan fingerprint density at radius 3 is 2.48 bits per heavy atom. The summed E-state index contributed by atoms with van der Waals surface area (Å²) in [6.45, 7) is 0. The summed E-state index contributed by atoms with van der Waals surface area (Å²) in [4.78, 5) is 25.0. The molecule has 0 unspecified atom stereocenters. The van der Waals surface area contributed by atoms with Gasteiger partial charge in [0.05, 0.1) is 33.9 Å². The first kappa shape index (κ1) is 16.3. The molecule has 10 heteroatoms. The first-order chi connectivity index (χ1) is 12.2. The lowest BCUT2D eigenvalue weighted by Crippen LogP contribution is -2.05. The number of hydrazone groups is 1. The highest BCUT2D eigenvalue weighted by Crippen LogP contribution is 2.37. The normalized spacial score (nSPS) is 11.0. The quantitative estimate of drug-likeness (QED) is 0.452. The summed E-state index contributed by atoms with van der Waals surface area (Å²) in [7, 11) is 4.61. The lowest BCUT2D eigenvalue weighted by Gasteiger charge is -2.12. The van der Waals surface area contributed by atoms with E-state index in [1.165, 1.54) is 27.7 Å². The van der Waals surface area contributed by atoms with Crippen LogP contribution >= 0.6 is 0 Å². The molecule has 0 saturated heterocycles. The molecule has 0 amide bonds. The SMILES string of the molecule is COc1cc(/C=N/Nc2nc3nc[nH]c(=O)c3[nH]2)cc(OC)c1OC. The number of ether oxygens (including phenoxy) is 3. The second kappa shape index (κ2) is 6.91. The van der Waals surface area contributed by atoms with Crippen LogP contribution in [-0.2, 0) is 0 Å². The van der Waals surface area contributed by atoms with Gasteiger partial charge in [0.15, 0.2) is 22.7 Å². The second-order valence-corrected chi connectivity index (χ2v) is 4.84. The Morgan fingerprint density at radius 1 is 1.16 bits per heavy atom. The standard InChI is InChI=1S/C15H16N6O4/c1-23-9-4-8(5-10(24-2)12(9)25-3)6-18-21-15-19-11-13(20-15)16-7-17-14(11)22/h4-7H,1-3H3,(H3,16,17,19,20,21,22)/b18-6+. The van der Waals surface area contributed by atoms with Gasteiger partial charge in [0.1, 0.15) is 0 Å². The minimum absolute atomic E-state index is 0.271. The smallest absolute Gasteiger partial charge is 0.276 e. The average Bonchev–Trinajstić information content (AvgIpc) is 3.05. The van der Waals surface area contributed by atoms with Crippen molar-refractivity contribution in [2.24, 2.45) is 5.10 Å². The maximum Gasteiger partial charge on any atom is 0.276 e. The summed E-state index contributed by atoms with van der Waals surface area (Å²) in [6.07, 6.45) is 2.84. The van der Waals surface area contributed by atoms with Crippen LogP contribution in [0, 0.1) is 0 Å². The number of rotatable bonds is 6. The van der Waals surface area contributed by atoms with Crippen LogP contribution in [0.4, 0.5) is 5.95 Å². The average molecular weight is 344 g/mol. The van der Waals surface area contributed by atoms with Crippen molar-refractivity contribution in [2.75, 3.05) is 26.8 Å². The zero-order valence-corrected chi connectivity index (χ0v) is 13.8. The van der Waals surface area contributed by atoms with Crippen LogP contribution in [0.5, 0.6) is 17.2 Å². The summed E-state index contributed by atoms with van der Waals surface area (Å²) >= 11 is 0. The Bertz CT molecular complexity index is 953. The van der Waals surface area contributed by atoms with Crippen molar-refractivity contribution in [3.05, 3.63) is 34.4 Å². The summed E-state index contributed by atoms with van der Waals surface area (Å²) < 4.78 is 15.8. The van der Waals surface area contributed by atoms with Gasteiger partial charge >= 0.3 is 0 Å². The van der Waals surface area contributed by atoms with Crippen molar-refractivity contribution in [3.8, 4) is 17.2 Å². The molecule has 0 bridgehead atoms. The van der Waals surface area contributed by atoms with Crippen molar-refractivity contribution in [1.29, 1.82) is 0 Å². The number of aromatic amines is 2. The third kappa shape index (κ3) is 3.22. The van der Waals surface area contributed by atoms with Crippen LogP contribution in [0.1, 0.15) is 5.56 Å². The lowest BCUT2D eigenvalue weighted by atomic mass is 10.2. The van der Waals surface area contributed by atoms with Crippen LogP contribution < -0.4 is 25.2 Å². The number of H-pyrrole nitrogens is 2. The third-order valence-corrected chi connectivity index (χ3v) is 3.37. The summed E-state index contributed by atoms with van der Waals surface area (Å²) in [6, 6.07) is 3.49.